The SMILES string of the molecule is CN(NC(=O)Nc1n[nH]c(=S)s1)C(=O)CCOCc1ccccc1. The van der Waals surface area contributed by atoms with Crippen LogP contribution in [-0.2, 0) is 16.1 Å². The van der Waals surface area contributed by atoms with Crippen molar-refractivity contribution in [3.63, 3.8) is 0 Å². The molecule has 0 saturated heterocycles. The third-order valence-electron chi connectivity index (χ3n) is 2.87. The summed E-state index contributed by atoms with van der Waals surface area (Å²) < 4.78 is 5.89. The van der Waals surface area contributed by atoms with Gasteiger partial charge in [0.1, 0.15) is 0 Å². The minimum absolute atomic E-state index is 0.158. The number of amides is 3. The summed E-state index contributed by atoms with van der Waals surface area (Å²) in [6.45, 7) is 0.706. The van der Waals surface area contributed by atoms with Gasteiger partial charge in [-0.1, -0.05) is 41.7 Å². The topological polar surface area (TPSA) is 99.4 Å². The maximum atomic E-state index is 11.9. The molecule has 10 heteroatoms. The summed E-state index contributed by atoms with van der Waals surface area (Å²) >= 11 is 5.98. The molecule has 0 atom stereocenters. The van der Waals surface area contributed by atoms with Gasteiger partial charge in [0.2, 0.25) is 11.0 Å². The Kier molecular flexibility index (Phi) is 6.85. The Morgan fingerprint density at radius 3 is 2.79 bits per heavy atom. The molecule has 128 valence electrons. The minimum Gasteiger partial charge on any atom is -0.376 e. The average molecular weight is 367 g/mol. The molecule has 0 saturated carbocycles. The maximum Gasteiger partial charge on any atom is 0.339 e. The van der Waals surface area contributed by atoms with E-state index in [1.807, 2.05) is 30.3 Å². The molecule has 0 aliphatic carbocycles. The Bertz CT molecular complexity index is 731. The number of anilines is 1. The van der Waals surface area contributed by atoms with E-state index >= 15 is 0 Å². The van der Waals surface area contributed by atoms with Crippen LogP contribution in [0.3, 0.4) is 0 Å². The molecule has 0 bridgehead atoms. The number of nitrogens with one attached hydrogen (secondary N) is 3. The van der Waals surface area contributed by atoms with Crippen LogP contribution in [0.25, 0.3) is 0 Å². The molecule has 2 aromatic rings. The van der Waals surface area contributed by atoms with E-state index < -0.39 is 6.03 Å². The van der Waals surface area contributed by atoms with E-state index in [1.165, 1.54) is 7.05 Å². The monoisotopic (exact) mass is 367 g/mol. The number of benzene rings is 1. The number of hydrazine groups is 1. The van der Waals surface area contributed by atoms with Gasteiger partial charge in [-0.2, -0.15) is 0 Å². The number of aromatic nitrogens is 2. The van der Waals surface area contributed by atoms with Gasteiger partial charge in [-0.15, -0.1) is 5.10 Å². The van der Waals surface area contributed by atoms with Crippen LogP contribution in [0, 0.1) is 3.95 Å². The summed E-state index contributed by atoms with van der Waals surface area (Å²) in [5.74, 6) is -0.270. The first-order valence-corrected chi connectivity index (χ1v) is 8.28. The summed E-state index contributed by atoms with van der Waals surface area (Å²) in [7, 11) is 1.46. The van der Waals surface area contributed by atoms with Gasteiger partial charge in [0.05, 0.1) is 19.6 Å². The van der Waals surface area contributed by atoms with E-state index in [0.717, 1.165) is 21.9 Å². The van der Waals surface area contributed by atoms with Gasteiger partial charge in [0.15, 0.2) is 3.95 Å². The first-order chi connectivity index (χ1) is 11.5. The van der Waals surface area contributed by atoms with Crippen molar-refractivity contribution in [1.82, 2.24) is 20.6 Å². The largest absolute Gasteiger partial charge is 0.376 e. The van der Waals surface area contributed by atoms with Gasteiger partial charge in [0, 0.05) is 7.05 Å². The summed E-state index contributed by atoms with van der Waals surface area (Å²) in [6.07, 6.45) is 0.158. The Hall–Kier alpha value is -2.30. The van der Waals surface area contributed by atoms with Gasteiger partial charge in [-0.05, 0) is 17.8 Å². The number of carbonyl (C=O) groups excluding carboxylic acids is 2. The number of carbonyl (C=O) groups is 2. The zero-order valence-electron chi connectivity index (χ0n) is 12.9. The second-order valence-electron chi connectivity index (χ2n) is 4.73. The molecular weight excluding hydrogens is 350 g/mol. The first kappa shape index (κ1) is 18.0. The smallest absolute Gasteiger partial charge is 0.339 e. The molecule has 3 amide bonds. The van der Waals surface area contributed by atoms with Crippen LogP contribution in [-0.4, -0.2) is 40.8 Å². The number of hydrogen-bond acceptors (Lipinski definition) is 6. The van der Waals surface area contributed by atoms with Crippen molar-refractivity contribution in [3.05, 3.63) is 39.8 Å². The van der Waals surface area contributed by atoms with Crippen molar-refractivity contribution in [3.8, 4) is 0 Å². The molecule has 0 aliphatic rings. The number of ether oxygens (including phenoxy) is 1. The lowest BCUT2D eigenvalue weighted by atomic mass is 10.2. The molecular formula is C14H17N5O3S2. The van der Waals surface area contributed by atoms with Gasteiger partial charge in [-0.3, -0.25) is 20.2 Å². The van der Waals surface area contributed by atoms with E-state index in [0.29, 0.717) is 15.7 Å². The lowest BCUT2D eigenvalue weighted by Gasteiger charge is -2.18. The third kappa shape index (κ3) is 6.07. The van der Waals surface area contributed by atoms with Crippen molar-refractivity contribution in [2.24, 2.45) is 0 Å². The van der Waals surface area contributed by atoms with Crippen molar-refractivity contribution < 1.29 is 14.3 Å². The standard InChI is InChI=1S/C14H17N5O3S2/c1-19(18-12(21)15-13-16-17-14(23)24-13)11(20)7-8-22-9-10-5-3-2-4-6-10/h2-6H,7-9H2,1H3,(H,17,23)(H2,15,16,18,21). The highest BCUT2D eigenvalue weighted by Crippen LogP contribution is 2.10. The van der Waals surface area contributed by atoms with Crippen LogP contribution in [0.2, 0.25) is 0 Å². The van der Waals surface area contributed by atoms with Crippen LogP contribution in [0.1, 0.15) is 12.0 Å². The van der Waals surface area contributed by atoms with Crippen LogP contribution in [0.15, 0.2) is 30.3 Å². The average Bonchev–Trinajstić information content (AvgIpc) is 2.97. The fourth-order valence-corrected chi connectivity index (χ4v) is 2.50. The Morgan fingerprint density at radius 1 is 1.38 bits per heavy atom. The van der Waals surface area contributed by atoms with E-state index in [-0.39, 0.29) is 18.9 Å². The molecule has 24 heavy (non-hydrogen) atoms. The predicted molar refractivity (Wildman–Crippen MR) is 92.9 cm³/mol. The molecule has 0 fully saturated rings. The zero-order valence-corrected chi connectivity index (χ0v) is 14.6. The minimum atomic E-state index is -0.575. The molecule has 1 heterocycles. The summed E-state index contributed by atoms with van der Waals surface area (Å²) in [4.78, 5) is 23.6. The highest BCUT2D eigenvalue weighted by molar-refractivity contribution is 7.73. The Morgan fingerprint density at radius 2 is 2.12 bits per heavy atom. The summed E-state index contributed by atoms with van der Waals surface area (Å²) in [5, 5.41) is 10.2. The quantitative estimate of drug-likeness (QED) is 0.413. The zero-order chi connectivity index (χ0) is 17.4. The molecule has 1 aromatic carbocycles. The maximum absolute atomic E-state index is 11.9. The number of hydrogen-bond donors (Lipinski definition) is 3. The van der Waals surface area contributed by atoms with Gasteiger partial charge in [0.25, 0.3) is 0 Å². The molecule has 3 N–H and O–H groups in total. The lowest BCUT2D eigenvalue weighted by Crippen LogP contribution is -2.45. The van der Waals surface area contributed by atoms with Crippen molar-refractivity contribution in [2.45, 2.75) is 13.0 Å². The molecule has 0 spiro atoms. The Labute approximate surface area is 147 Å². The third-order valence-corrected chi connectivity index (χ3v) is 3.88. The lowest BCUT2D eigenvalue weighted by molar-refractivity contribution is -0.133. The van der Waals surface area contributed by atoms with Crippen LogP contribution in [0.4, 0.5) is 9.93 Å². The second kappa shape index (κ2) is 9.11. The normalized spacial score (nSPS) is 10.2. The van der Waals surface area contributed by atoms with E-state index in [9.17, 15) is 9.59 Å². The fraction of sp³-hybridized carbons (Fsp3) is 0.286. The molecule has 2 rings (SSSR count). The van der Waals surface area contributed by atoms with E-state index in [4.69, 9.17) is 17.0 Å². The van der Waals surface area contributed by atoms with Crippen LogP contribution in [0.5, 0.6) is 0 Å². The highest BCUT2D eigenvalue weighted by Gasteiger charge is 2.12. The van der Waals surface area contributed by atoms with E-state index in [1.54, 1.807) is 0 Å². The number of aromatic amines is 1. The number of rotatable bonds is 6. The summed E-state index contributed by atoms with van der Waals surface area (Å²) in [5.41, 5.74) is 3.43. The van der Waals surface area contributed by atoms with Gasteiger partial charge in [-0.25, -0.2) is 10.2 Å². The molecule has 0 radical (unpaired) electrons. The Balaban J connectivity index is 1.66. The van der Waals surface area contributed by atoms with Gasteiger partial charge >= 0.3 is 6.03 Å². The second-order valence-corrected chi connectivity index (χ2v) is 6.39. The van der Waals surface area contributed by atoms with E-state index in [2.05, 4.69) is 20.9 Å². The van der Waals surface area contributed by atoms with Crippen molar-refractivity contribution in [1.29, 1.82) is 0 Å². The molecule has 8 nitrogen and oxygen atoms in total. The number of urea groups is 1. The van der Waals surface area contributed by atoms with Crippen molar-refractivity contribution in [2.75, 3.05) is 19.0 Å². The van der Waals surface area contributed by atoms with Gasteiger partial charge < -0.3 is 4.74 Å². The fourth-order valence-electron chi connectivity index (χ4n) is 1.71. The molecule has 0 aliphatic heterocycles. The van der Waals surface area contributed by atoms with Crippen LogP contribution >= 0.6 is 23.6 Å². The highest BCUT2D eigenvalue weighted by atomic mass is 32.1. The molecule has 0 unspecified atom stereocenters. The molecule has 1 aromatic heterocycles. The van der Waals surface area contributed by atoms with Crippen molar-refractivity contribution >= 4 is 40.6 Å². The predicted octanol–water partition coefficient (Wildman–Crippen LogP) is 2.30. The summed E-state index contributed by atoms with van der Waals surface area (Å²) in [6, 6.07) is 9.10. The van der Waals surface area contributed by atoms with Crippen LogP contribution < -0.4 is 10.7 Å². The number of H-pyrrole nitrogens is 1. The number of nitrogens with zero attached hydrogens (tertiary/aromatic N) is 2. The first-order valence-electron chi connectivity index (χ1n) is 7.06.